The van der Waals surface area contributed by atoms with Gasteiger partial charge in [-0.2, -0.15) is 0 Å². The van der Waals surface area contributed by atoms with Gasteiger partial charge in [-0.1, -0.05) is 15.9 Å². The first kappa shape index (κ1) is 18.7. The molecule has 0 N–H and O–H groups in total. The number of anilines is 1. The molecule has 0 radical (unpaired) electrons. The molecule has 2 fully saturated rings. The minimum absolute atomic E-state index is 0.119. The number of hydrogen-bond acceptors (Lipinski definition) is 5. The van der Waals surface area contributed by atoms with Gasteiger partial charge in [-0.05, 0) is 45.0 Å². The average Bonchev–Trinajstić information content (AvgIpc) is 2.50. The maximum absolute atomic E-state index is 11.9. The van der Waals surface area contributed by atoms with Crippen LogP contribution in [0.3, 0.4) is 0 Å². The molecule has 0 bridgehead atoms. The first-order valence-electron chi connectivity index (χ1n) is 8.99. The lowest BCUT2D eigenvalue weighted by molar-refractivity contribution is -0.158. The highest BCUT2D eigenvalue weighted by Crippen LogP contribution is 2.22. The van der Waals surface area contributed by atoms with Crippen molar-refractivity contribution >= 4 is 27.6 Å². The number of carbonyl (C=O) groups is 1. The summed E-state index contributed by atoms with van der Waals surface area (Å²) in [5.74, 6) is -0.119. The average molecular weight is 410 g/mol. The van der Waals surface area contributed by atoms with Crippen molar-refractivity contribution in [1.29, 1.82) is 0 Å². The zero-order valence-corrected chi connectivity index (χ0v) is 17.0. The van der Waals surface area contributed by atoms with Crippen molar-refractivity contribution < 1.29 is 9.53 Å². The van der Waals surface area contributed by atoms with E-state index in [-0.39, 0.29) is 5.97 Å². The Hall–Kier alpha value is -1.11. The van der Waals surface area contributed by atoms with Gasteiger partial charge in [-0.15, -0.1) is 0 Å². The number of carbonyl (C=O) groups excluding carboxylic acids is 1. The molecule has 0 atom stereocenters. The zero-order valence-electron chi connectivity index (χ0n) is 15.4. The maximum atomic E-state index is 11.9. The summed E-state index contributed by atoms with van der Waals surface area (Å²) in [6.07, 6.45) is 0. The van der Waals surface area contributed by atoms with Crippen molar-refractivity contribution in [3.8, 4) is 0 Å². The summed E-state index contributed by atoms with van der Waals surface area (Å²) in [6.45, 7) is 12.4. The van der Waals surface area contributed by atoms with Gasteiger partial charge in [0.15, 0.2) is 0 Å². The zero-order chi connectivity index (χ0) is 18.0. The van der Waals surface area contributed by atoms with Crippen LogP contribution in [0.1, 0.15) is 20.8 Å². The SMILES string of the molecule is CC(C)(C)OC(=O)CN1CC(N2CCN(c3ccc(Br)cc3)CC2)C1. The number of likely N-dealkylation sites (tertiary alicyclic amines) is 1. The van der Waals surface area contributed by atoms with Gasteiger partial charge >= 0.3 is 5.97 Å². The van der Waals surface area contributed by atoms with Gasteiger partial charge < -0.3 is 9.64 Å². The molecule has 5 nitrogen and oxygen atoms in total. The molecule has 2 aliphatic heterocycles. The van der Waals surface area contributed by atoms with Crippen molar-refractivity contribution in [1.82, 2.24) is 9.80 Å². The van der Waals surface area contributed by atoms with Crippen molar-refractivity contribution in [2.24, 2.45) is 0 Å². The van der Waals surface area contributed by atoms with E-state index in [4.69, 9.17) is 4.74 Å². The number of benzene rings is 1. The van der Waals surface area contributed by atoms with E-state index >= 15 is 0 Å². The Kier molecular flexibility index (Phi) is 5.71. The third-order valence-electron chi connectivity index (χ3n) is 4.73. The minimum Gasteiger partial charge on any atom is -0.459 e. The van der Waals surface area contributed by atoms with Crippen LogP contribution in [-0.4, -0.2) is 73.2 Å². The second-order valence-corrected chi connectivity index (χ2v) is 8.85. The number of rotatable bonds is 4. The highest BCUT2D eigenvalue weighted by atomic mass is 79.9. The molecule has 3 rings (SSSR count). The summed E-state index contributed by atoms with van der Waals surface area (Å²) in [6, 6.07) is 9.12. The molecule has 138 valence electrons. The molecule has 2 saturated heterocycles. The predicted octanol–water partition coefficient (Wildman–Crippen LogP) is 2.60. The smallest absolute Gasteiger partial charge is 0.320 e. The predicted molar refractivity (Wildman–Crippen MR) is 104 cm³/mol. The summed E-state index contributed by atoms with van der Waals surface area (Å²) in [7, 11) is 0. The molecule has 0 saturated carbocycles. The molecule has 6 heteroatoms. The van der Waals surface area contributed by atoms with Gasteiger partial charge in [0, 0.05) is 55.5 Å². The summed E-state index contributed by atoms with van der Waals surface area (Å²) in [5.41, 5.74) is 0.896. The summed E-state index contributed by atoms with van der Waals surface area (Å²) in [4.78, 5) is 19.1. The Morgan fingerprint density at radius 2 is 1.72 bits per heavy atom. The monoisotopic (exact) mass is 409 g/mol. The van der Waals surface area contributed by atoms with Gasteiger partial charge in [0.2, 0.25) is 0 Å². The van der Waals surface area contributed by atoms with Gasteiger partial charge in [0.1, 0.15) is 5.60 Å². The first-order valence-corrected chi connectivity index (χ1v) is 9.78. The van der Waals surface area contributed by atoms with Crippen LogP contribution >= 0.6 is 15.9 Å². The number of ether oxygens (including phenoxy) is 1. The van der Waals surface area contributed by atoms with E-state index in [0.29, 0.717) is 12.6 Å². The first-order chi connectivity index (χ1) is 11.8. The molecular formula is C19H28BrN3O2. The standard InChI is InChI=1S/C19H28BrN3O2/c1-19(2,3)25-18(24)14-21-12-17(13-21)23-10-8-22(9-11-23)16-6-4-15(20)5-7-16/h4-7,17H,8-14H2,1-3H3. The van der Waals surface area contributed by atoms with Crippen molar-refractivity contribution in [2.45, 2.75) is 32.4 Å². The van der Waals surface area contributed by atoms with E-state index < -0.39 is 5.60 Å². The highest BCUT2D eigenvalue weighted by molar-refractivity contribution is 9.10. The summed E-state index contributed by atoms with van der Waals surface area (Å²) < 4.78 is 6.51. The lowest BCUT2D eigenvalue weighted by Crippen LogP contribution is -2.63. The van der Waals surface area contributed by atoms with Crippen molar-refractivity contribution in [2.75, 3.05) is 50.7 Å². The number of piperazine rings is 1. The topological polar surface area (TPSA) is 36.0 Å². The van der Waals surface area contributed by atoms with Crippen molar-refractivity contribution in [3.05, 3.63) is 28.7 Å². The number of nitrogens with zero attached hydrogens (tertiary/aromatic N) is 3. The number of hydrogen-bond donors (Lipinski definition) is 0. The summed E-state index contributed by atoms with van der Waals surface area (Å²) >= 11 is 3.49. The van der Waals surface area contributed by atoms with Gasteiger partial charge in [-0.25, -0.2) is 0 Å². The van der Waals surface area contributed by atoms with Crippen LogP contribution in [0.2, 0.25) is 0 Å². The number of halogens is 1. The van der Waals surface area contributed by atoms with Gasteiger partial charge in [0.25, 0.3) is 0 Å². The van der Waals surface area contributed by atoms with Crippen LogP contribution < -0.4 is 4.90 Å². The fraction of sp³-hybridized carbons (Fsp3) is 0.632. The molecule has 0 aromatic heterocycles. The molecule has 0 unspecified atom stereocenters. The van der Waals surface area contributed by atoms with Crippen LogP contribution in [0.25, 0.3) is 0 Å². The van der Waals surface area contributed by atoms with E-state index in [9.17, 15) is 4.79 Å². The minimum atomic E-state index is -0.398. The van der Waals surface area contributed by atoms with E-state index in [1.165, 1.54) is 5.69 Å². The molecule has 2 aliphatic rings. The van der Waals surface area contributed by atoms with Gasteiger partial charge in [0.05, 0.1) is 6.54 Å². The van der Waals surface area contributed by atoms with E-state index in [1.807, 2.05) is 20.8 Å². The highest BCUT2D eigenvalue weighted by Gasteiger charge is 2.35. The Labute approximate surface area is 159 Å². The largest absolute Gasteiger partial charge is 0.459 e. The van der Waals surface area contributed by atoms with E-state index in [2.05, 4.69) is 54.9 Å². The van der Waals surface area contributed by atoms with Crippen LogP contribution in [0.4, 0.5) is 5.69 Å². The van der Waals surface area contributed by atoms with Gasteiger partial charge in [-0.3, -0.25) is 14.6 Å². The Morgan fingerprint density at radius 3 is 2.28 bits per heavy atom. The van der Waals surface area contributed by atoms with E-state index in [0.717, 1.165) is 43.7 Å². The van der Waals surface area contributed by atoms with E-state index in [1.54, 1.807) is 0 Å². The van der Waals surface area contributed by atoms with Crippen molar-refractivity contribution in [3.63, 3.8) is 0 Å². The molecule has 2 heterocycles. The lowest BCUT2D eigenvalue weighted by Gasteiger charge is -2.48. The Balaban J connectivity index is 1.39. The lowest BCUT2D eigenvalue weighted by atomic mass is 10.1. The van der Waals surface area contributed by atoms with Crippen LogP contribution in [0, 0.1) is 0 Å². The normalized spacial score (nSPS) is 20.4. The third-order valence-corrected chi connectivity index (χ3v) is 5.26. The number of esters is 1. The van der Waals surface area contributed by atoms with Crippen LogP contribution in [-0.2, 0) is 9.53 Å². The summed E-state index contributed by atoms with van der Waals surface area (Å²) in [5, 5.41) is 0. The molecular weight excluding hydrogens is 382 g/mol. The Bertz CT molecular complexity index is 586. The van der Waals surface area contributed by atoms with Crippen LogP contribution in [0.5, 0.6) is 0 Å². The molecule has 25 heavy (non-hydrogen) atoms. The van der Waals surface area contributed by atoms with Crippen LogP contribution in [0.15, 0.2) is 28.7 Å². The quantitative estimate of drug-likeness (QED) is 0.714. The fourth-order valence-electron chi connectivity index (χ4n) is 3.46. The molecule has 0 spiro atoms. The maximum Gasteiger partial charge on any atom is 0.320 e. The molecule has 1 aromatic rings. The second-order valence-electron chi connectivity index (χ2n) is 7.93. The molecule has 1 aromatic carbocycles. The fourth-order valence-corrected chi connectivity index (χ4v) is 3.72. The second kappa shape index (κ2) is 7.64. The molecule has 0 aliphatic carbocycles. The third kappa shape index (κ3) is 5.19. The molecule has 0 amide bonds. The Morgan fingerprint density at radius 1 is 1.12 bits per heavy atom.